The summed E-state index contributed by atoms with van der Waals surface area (Å²) >= 11 is 7.05. The molecule has 1 fully saturated rings. The van der Waals surface area contributed by atoms with Gasteiger partial charge < -0.3 is 14.5 Å². The van der Waals surface area contributed by atoms with Gasteiger partial charge in [0.2, 0.25) is 0 Å². The van der Waals surface area contributed by atoms with Gasteiger partial charge in [-0.05, 0) is 6.42 Å². The van der Waals surface area contributed by atoms with Crippen molar-refractivity contribution < 1.29 is 9.53 Å². The monoisotopic (exact) mass is 304 g/mol. The summed E-state index contributed by atoms with van der Waals surface area (Å²) in [4.78, 5) is 15.5. The standard InChI is InChI=1S/C11H17ClN4O2S/c1-2-3-8-18-11(17)16-6-4-15(5-7-16)10-9(12)13-19-14-10/h2-8H2,1H3. The Hall–Kier alpha value is -1.08. The Balaban J connectivity index is 1.79. The molecule has 6 nitrogen and oxygen atoms in total. The number of carbonyl (C=O) groups excluding carboxylic acids is 1. The minimum atomic E-state index is -0.226. The Morgan fingerprint density at radius 2 is 2.11 bits per heavy atom. The van der Waals surface area contributed by atoms with Crippen LogP contribution in [0.4, 0.5) is 10.6 Å². The van der Waals surface area contributed by atoms with Crippen molar-refractivity contribution in [3.05, 3.63) is 5.15 Å². The molecule has 1 aliphatic heterocycles. The predicted octanol–water partition coefficient (Wildman–Crippen LogP) is 2.25. The van der Waals surface area contributed by atoms with Gasteiger partial charge in [-0.15, -0.1) is 0 Å². The highest BCUT2D eigenvalue weighted by Crippen LogP contribution is 2.23. The molecule has 1 aromatic heterocycles. The van der Waals surface area contributed by atoms with Gasteiger partial charge in [-0.2, -0.15) is 8.75 Å². The maximum Gasteiger partial charge on any atom is 0.409 e. The van der Waals surface area contributed by atoms with Crippen molar-refractivity contribution in [2.45, 2.75) is 19.8 Å². The normalized spacial score (nSPS) is 15.7. The molecular formula is C11H17ClN4O2S. The number of carbonyl (C=O) groups is 1. The number of hydrogen-bond donors (Lipinski definition) is 0. The molecule has 0 atom stereocenters. The molecular weight excluding hydrogens is 288 g/mol. The van der Waals surface area contributed by atoms with Crippen LogP contribution in [0, 0.1) is 0 Å². The number of rotatable bonds is 4. The Kier molecular flexibility index (Phi) is 5.21. The summed E-state index contributed by atoms with van der Waals surface area (Å²) in [5.74, 6) is 0.714. The second-order valence-electron chi connectivity index (χ2n) is 4.32. The van der Waals surface area contributed by atoms with Crippen LogP contribution in [0.5, 0.6) is 0 Å². The van der Waals surface area contributed by atoms with Crippen molar-refractivity contribution in [3.8, 4) is 0 Å². The molecule has 0 N–H and O–H groups in total. The van der Waals surface area contributed by atoms with E-state index >= 15 is 0 Å². The maximum absolute atomic E-state index is 11.8. The molecule has 1 aliphatic rings. The van der Waals surface area contributed by atoms with Crippen LogP contribution in [0.2, 0.25) is 5.15 Å². The minimum Gasteiger partial charge on any atom is -0.449 e. The average molecular weight is 305 g/mol. The van der Waals surface area contributed by atoms with Crippen LogP contribution >= 0.6 is 23.3 Å². The van der Waals surface area contributed by atoms with Crippen LogP contribution in [-0.4, -0.2) is 52.5 Å². The summed E-state index contributed by atoms with van der Waals surface area (Å²) in [6.45, 7) is 5.22. The third-order valence-corrected chi connectivity index (χ3v) is 3.87. The van der Waals surface area contributed by atoms with E-state index < -0.39 is 0 Å². The van der Waals surface area contributed by atoms with E-state index in [0.29, 0.717) is 43.8 Å². The fourth-order valence-electron chi connectivity index (χ4n) is 1.86. The van der Waals surface area contributed by atoms with Gasteiger partial charge >= 0.3 is 6.09 Å². The van der Waals surface area contributed by atoms with Gasteiger partial charge in [0.25, 0.3) is 0 Å². The number of ether oxygens (including phenoxy) is 1. The van der Waals surface area contributed by atoms with Gasteiger partial charge in [0.15, 0.2) is 11.0 Å². The molecule has 106 valence electrons. The largest absolute Gasteiger partial charge is 0.449 e. The van der Waals surface area contributed by atoms with Gasteiger partial charge in [-0.1, -0.05) is 24.9 Å². The van der Waals surface area contributed by atoms with Gasteiger partial charge in [0.1, 0.15) is 0 Å². The number of aromatic nitrogens is 2. The topological polar surface area (TPSA) is 58.6 Å². The lowest BCUT2D eigenvalue weighted by molar-refractivity contribution is 0.0989. The highest BCUT2D eigenvalue weighted by Gasteiger charge is 2.24. The van der Waals surface area contributed by atoms with Crippen LogP contribution in [0.1, 0.15) is 19.8 Å². The third-order valence-electron chi connectivity index (χ3n) is 2.99. The smallest absolute Gasteiger partial charge is 0.409 e. The summed E-state index contributed by atoms with van der Waals surface area (Å²) in [5.41, 5.74) is 0. The first kappa shape index (κ1) is 14.3. The molecule has 19 heavy (non-hydrogen) atoms. The summed E-state index contributed by atoms with van der Waals surface area (Å²) in [6.07, 6.45) is 1.71. The molecule has 1 aromatic rings. The van der Waals surface area contributed by atoms with Crippen molar-refractivity contribution in [1.82, 2.24) is 13.6 Å². The highest BCUT2D eigenvalue weighted by atomic mass is 35.5. The first-order chi connectivity index (χ1) is 9.22. The Bertz CT molecular complexity index is 421. The third kappa shape index (κ3) is 3.70. The molecule has 0 bridgehead atoms. The summed E-state index contributed by atoms with van der Waals surface area (Å²) in [5, 5.41) is 0.434. The fourth-order valence-corrected chi connectivity index (χ4v) is 2.64. The molecule has 1 amide bonds. The van der Waals surface area contributed by atoms with E-state index in [2.05, 4.69) is 15.7 Å². The molecule has 0 unspecified atom stereocenters. The van der Waals surface area contributed by atoms with E-state index in [-0.39, 0.29) is 6.09 Å². The van der Waals surface area contributed by atoms with E-state index in [0.717, 1.165) is 24.6 Å². The van der Waals surface area contributed by atoms with Crippen LogP contribution in [-0.2, 0) is 4.74 Å². The number of anilines is 1. The van der Waals surface area contributed by atoms with Crippen molar-refractivity contribution >= 4 is 35.2 Å². The number of hydrogen-bond acceptors (Lipinski definition) is 6. The zero-order valence-electron chi connectivity index (χ0n) is 10.8. The van der Waals surface area contributed by atoms with Crippen LogP contribution in [0.25, 0.3) is 0 Å². The molecule has 8 heteroatoms. The lowest BCUT2D eigenvalue weighted by Crippen LogP contribution is -2.49. The quantitative estimate of drug-likeness (QED) is 0.799. The maximum atomic E-state index is 11.8. The van der Waals surface area contributed by atoms with Crippen molar-refractivity contribution in [2.75, 3.05) is 37.7 Å². The van der Waals surface area contributed by atoms with Gasteiger partial charge in [0, 0.05) is 26.2 Å². The van der Waals surface area contributed by atoms with E-state index in [1.807, 2.05) is 4.90 Å². The Labute approximate surface area is 121 Å². The summed E-state index contributed by atoms with van der Waals surface area (Å²) in [7, 11) is 0. The minimum absolute atomic E-state index is 0.226. The number of halogens is 1. The summed E-state index contributed by atoms with van der Waals surface area (Å²) < 4.78 is 13.3. The highest BCUT2D eigenvalue weighted by molar-refractivity contribution is 6.99. The number of amides is 1. The number of unbranched alkanes of at least 4 members (excludes halogenated alkanes) is 1. The number of piperazine rings is 1. The second-order valence-corrected chi connectivity index (χ2v) is 5.21. The van der Waals surface area contributed by atoms with Crippen LogP contribution in [0.3, 0.4) is 0 Å². The van der Waals surface area contributed by atoms with Gasteiger partial charge in [-0.3, -0.25) is 0 Å². The molecule has 1 saturated heterocycles. The van der Waals surface area contributed by atoms with Crippen molar-refractivity contribution in [3.63, 3.8) is 0 Å². The molecule has 0 saturated carbocycles. The second kappa shape index (κ2) is 6.91. The predicted molar refractivity (Wildman–Crippen MR) is 75.0 cm³/mol. The molecule has 2 heterocycles. The molecule has 0 radical (unpaired) electrons. The Morgan fingerprint density at radius 1 is 1.37 bits per heavy atom. The Morgan fingerprint density at radius 3 is 2.68 bits per heavy atom. The van der Waals surface area contributed by atoms with Gasteiger partial charge in [0.05, 0.1) is 18.3 Å². The summed E-state index contributed by atoms with van der Waals surface area (Å²) in [6, 6.07) is 0. The molecule has 0 aromatic carbocycles. The fraction of sp³-hybridized carbons (Fsp3) is 0.727. The molecule has 0 spiro atoms. The molecule has 0 aliphatic carbocycles. The van der Waals surface area contributed by atoms with Crippen molar-refractivity contribution in [1.29, 1.82) is 0 Å². The van der Waals surface area contributed by atoms with E-state index in [1.54, 1.807) is 4.90 Å². The van der Waals surface area contributed by atoms with E-state index in [9.17, 15) is 4.79 Å². The first-order valence-electron chi connectivity index (χ1n) is 6.37. The van der Waals surface area contributed by atoms with Crippen LogP contribution < -0.4 is 4.90 Å². The zero-order chi connectivity index (χ0) is 13.7. The number of nitrogens with zero attached hydrogens (tertiary/aromatic N) is 4. The molecule has 2 rings (SSSR count). The van der Waals surface area contributed by atoms with E-state index in [4.69, 9.17) is 16.3 Å². The average Bonchev–Trinajstić information content (AvgIpc) is 2.85. The zero-order valence-corrected chi connectivity index (χ0v) is 12.4. The lowest BCUT2D eigenvalue weighted by Gasteiger charge is -2.34. The van der Waals surface area contributed by atoms with Crippen LogP contribution in [0.15, 0.2) is 0 Å². The van der Waals surface area contributed by atoms with E-state index in [1.165, 1.54) is 0 Å². The van der Waals surface area contributed by atoms with Gasteiger partial charge in [-0.25, -0.2) is 4.79 Å². The van der Waals surface area contributed by atoms with Crippen molar-refractivity contribution in [2.24, 2.45) is 0 Å². The lowest BCUT2D eigenvalue weighted by atomic mass is 10.3. The first-order valence-corrected chi connectivity index (χ1v) is 7.48. The SMILES string of the molecule is CCCCOC(=O)N1CCN(c2nsnc2Cl)CC1.